The monoisotopic (exact) mass is 1000 g/mol. The molecule has 9 N–H and O–H groups in total. The van der Waals surface area contributed by atoms with Gasteiger partial charge in [-0.2, -0.15) is 0 Å². The lowest BCUT2D eigenvalue weighted by Crippen LogP contribution is -2.60. The van der Waals surface area contributed by atoms with Gasteiger partial charge >= 0.3 is 0 Å². The minimum atomic E-state index is -0.971. The number of nitrogens with one attached hydrogen (secondary N) is 9. The molecule has 1 fully saturated rings. The van der Waals surface area contributed by atoms with Crippen LogP contribution in [0.15, 0.2) is 48.5 Å². The molecule has 8 amide bonds. The van der Waals surface area contributed by atoms with Crippen LogP contribution in [0.3, 0.4) is 0 Å². The highest BCUT2D eigenvalue weighted by Gasteiger charge is 2.46. The minimum absolute atomic E-state index is 0.0208. The number of nitrogens with zero attached hydrogens (tertiary/aromatic N) is 1. The van der Waals surface area contributed by atoms with Gasteiger partial charge in [0.05, 0.1) is 12.1 Å². The fraction of sp³-hybridized carbons (Fsp3) is 0.630. The summed E-state index contributed by atoms with van der Waals surface area (Å²) in [5, 5.41) is 26.5. The number of rotatable bonds is 22. The quantitative estimate of drug-likeness (QED) is 0.0781. The molecule has 0 spiro atoms. The molecular weight excluding hydrogens is 917 g/mol. The topological polar surface area (TPSA) is 248 Å². The summed E-state index contributed by atoms with van der Waals surface area (Å²) < 4.78 is 0. The Morgan fingerprint density at radius 2 is 1.22 bits per heavy atom. The molecule has 1 aliphatic carbocycles. The molecule has 0 saturated carbocycles. The molecule has 1 unspecified atom stereocenters. The lowest BCUT2D eigenvalue weighted by molar-refractivity contribution is -0.144. The zero-order chi connectivity index (χ0) is 53.7. The summed E-state index contributed by atoms with van der Waals surface area (Å²) in [5.74, 6) is -3.04. The lowest BCUT2D eigenvalue weighted by atomic mass is 9.85. The van der Waals surface area contributed by atoms with Crippen LogP contribution in [-0.2, 0) is 41.6 Å². The molecule has 0 aromatic heterocycles. The third kappa shape index (κ3) is 16.6. The van der Waals surface area contributed by atoms with Gasteiger partial charge in [-0.3, -0.25) is 38.4 Å². The molecular formula is C54H84N10O8. The van der Waals surface area contributed by atoms with Gasteiger partial charge in [0, 0.05) is 42.3 Å². The van der Waals surface area contributed by atoms with Crippen LogP contribution in [0.5, 0.6) is 0 Å². The van der Waals surface area contributed by atoms with E-state index in [1.165, 1.54) is 22.1 Å². The number of hydrogen-bond donors (Lipinski definition) is 9. The van der Waals surface area contributed by atoms with Gasteiger partial charge in [0.2, 0.25) is 35.4 Å². The second-order valence-electron chi connectivity index (χ2n) is 22.2. The Kier molecular flexibility index (Phi) is 21.3. The molecule has 0 radical (unpaired) electrons. The lowest BCUT2D eigenvalue weighted by Gasteiger charge is -2.36. The zero-order valence-corrected chi connectivity index (χ0v) is 45.0. The Labute approximate surface area is 427 Å². The van der Waals surface area contributed by atoms with Crippen LogP contribution in [0, 0.1) is 16.7 Å². The Morgan fingerprint density at radius 1 is 0.639 bits per heavy atom. The van der Waals surface area contributed by atoms with Crippen molar-refractivity contribution < 1.29 is 38.4 Å². The van der Waals surface area contributed by atoms with Gasteiger partial charge in [0.25, 0.3) is 11.8 Å². The smallest absolute Gasteiger partial charge is 0.251 e. The molecule has 0 bridgehead atoms. The Hall–Kier alpha value is -5.88. The van der Waals surface area contributed by atoms with Crippen molar-refractivity contribution in [3.63, 3.8) is 0 Å². The van der Waals surface area contributed by atoms with Crippen molar-refractivity contribution >= 4 is 47.3 Å². The maximum absolute atomic E-state index is 14.5. The number of fused-ring (bicyclic) bond motifs is 1. The van der Waals surface area contributed by atoms with Crippen molar-refractivity contribution in [2.24, 2.45) is 16.7 Å². The number of benzene rings is 2. The molecule has 2 aliphatic rings. The maximum atomic E-state index is 14.5. The van der Waals surface area contributed by atoms with Crippen LogP contribution < -0.4 is 47.9 Å². The highest BCUT2D eigenvalue weighted by molar-refractivity contribution is 6.00. The van der Waals surface area contributed by atoms with E-state index in [-0.39, 0.29) is 78.7 Å². The Morgan fingerprint density at radius 3 is 1.81 bits per heavy atom. The number of carbonyl (C=O) groups is 8. The maximum Gasteiger partial charge on any atom is 0.251 e. The van der Waals surface area contributed by atoms with E-state index in [1.54, 1.807) is 46.1 Å². The van der Waals surface area contributed by atoms with Gasteiger partial charge in [0.15, 0.2) is 0 Å². The normalized spacial score (nSPS) is 19.3. The van der Waals surface area contributed by atoms with Crippen molar-refractivity contribution in [3.8, 4) is 0 Å². The third-order valence-electron chi connectivity index (χ3n) is 14.0. The van der Waals surface area contributed by atoms with Gasteiger partial charge < -0.3 is 52.8 Å². The van der Waals surface area contributed by atoms with Gasteiger partial charge in [-0.1, -0.05) is 85.7 Å². The summed E-state index contributed by atoms with van der Waals surface area (Å²) in [5.41, 5.74) is 1.49. The second-order valence-corrected chi connectivity index (χ2v) is 22.2. The molecule has 398 valence electrons. The molecule has 1 aliphatic heterocycles. The van der Waals surface area contributed by atoms with Crippen molar-refractivity contribution in [3.05, 3.63) is 70.8 Å². The largest absolute Gasteiger partial charge is 0.352 e. The zero-order valence-electron chi connectivity index (χ0n) is 45.0. The van der Waals surface area contributed by atoms with Crippen molar-refractivity contribution in [1.82, 2.24) is 52.8 Å². The van der Waals surface area contributed by atoms with E-state index in [0.717, 1.165) is 12.8 Å². The van der Waals surface area contributed by atoms with Gasteiger partial charge in [-0.05, 0) is 126 Å². The molecule has 1 heterocycles. The first-order valence-electron chi connectivity index (χ1n) is 25.7. The summed E-state index contributed by atoms with van der Waals surface area (Å²) >= 11 is 0. The molecule has 1 saturated heterocycles. The first kappa shape index (κ1) is 58.7. The summed E-state index contributed by atoms with van der Waals surface area (Å²) in [6.45, 7) is 20.6. The number of amides is 8. The van der Waals surface area contributed by atoms with Gasteiger partial charge in [-0.25, -0.2) is 0 Å². The van der Waals surface area contributed by atoms with E-state index in [2.05, 4.69) is 60.0 Å². The average Bonchev–Trinajstić information content (AvgIpc) is 3.76. The van der Waals surface area contributed by atoms with E-state index in [0.29, 0.717) is 19.3 Å². The van der Waals surface area contributed by atoms with E-state index < -0.39 is 76.8 Å². The summed E-state index contributed by atoms with van der Waals surface area (Å²) in [6.07, 6.45) is 3.55. The van der Waals surface area contributed by atoms with Crippen LogP contribution in [-0.4, -0.2) is 134 Å². The van der Waals surface area contributed by atoms with E-state index >= 15 is 0 Å². The van der Waals surface area contributed by atoms with Crippen LogP contribution in [0.4, 0.5) is 0 Å². The fourth-order valence-corrected chi connectivity index (χ4v) is 8.70. The molecule has 2 aromatic rings. The van der Waals surface area contributed by atoms with Crippen LogP contribution in [0.25, 0.3) is 0 Å². The summed E-state index contributed by atoms with van der Waals surface area (Å²) in [7, 11) is 3.31. The number of likely N-dealkylation sites (tertiary alicyclic amines) is 1. The predicted octanol–water partition coefficient (Wildman–Crippen LogP) is 2.88. The molecule has 2 aromatic carbocycles. The van der Waals surface area contributed by atoms with Crippen molar-refractivity contribution in [1.29, 1.82) is 0 Å². The van der Waals surface area contributed by atoms with E-state index in [1.807, 2.05) is 74.4 Å². The second kappa shape index (κ2) is 26.2. The van der Waals surface area contributed by atoms with Crippen molar-refractivity contribution in [2.45, 2.75) is 175 Å². The van der Waals surface area contributed by atoms with Crippen LogP contribution >= 0.6 is 0 Å². The number of hydrogen-bond acceptors (Lipinski definition) is 10. The molecule has 9 atom stereocenters. The molecule has 18 heteroatoms. The van der Waals surface area contributed by atoms with E-state index in [4.69, 9.17) is 0 Å². The van der Waals surface area contributed by atoms with Gasteiger partial charge in [-0.15, -0.1) is 0 Å². The highest BCUT2D eigenvalue weighted by Crippen LogP contribution is 2.28. The van der Waals surface area contributed by atoms with Crippen LogP contribution in [0.1, 0.15) is 140 Å². The average molecular weight is 1000 g/mol. The number of aryl methyl sites for hydroxylation is 1. The molecule has 72 heavy (non-hydrogen) atoms. The first-order chi connectivity index (χ1) is 33.7. The Bertz CT molecular complexity index is 2240. The standard InChI is InChI=1S/C54H84N10O8/c1-31(2)32(3)58-49(69)41(61-51(71)43(53(6,7)8)62-45(65)33(4)55-12)23-16-17-26-57-47(67)37-21-18-22-38(27-37)48(68)60-40-29-42(50(70)59-39-25-24-35-19-14-15-20-36(35)28-39)64(30-40)52(72)44(54(9,10)11)63-46(66)34(5)56-13/h14-15,18-22,27,31-34,39-44,55-56H,16-17,23-26,28-30H2,1-13H3,(H,57,67)(H,58,69)(H,59,70)(H,60,68)(H,61,71)(H,62,65)(H,63,66)/t32-,33-,34-,39+,40-,41-,42?,43+,44+/m0/s1. The minimum Gasteiger partial charge on any atom is -0.352 e. The number of carbonyl (C=O) groups excluding carboxylic acids is 8. The first-order valence-corrected chi connectivity index (χ1v) is 25.7. The molecule has 4 rings (SSSR count). The SMILES string of the molecule is CN[C@@H](C)C(=O)N[C@H](C(=O)N[C@@H](CCCCNC(=O)c1cccc(C(=O)N[C@H]2CC(C(=O)N[C@@H]3CCc4ccccc4C3)N(C(=O)[C@@H](NC(=O)[C@H](C)NC)C(C)(C)C)C2)c1)C(=O)N[C@@H](C)C(C)C)C(C)(C)C. The molecule has 18 nitrogen and oxygen atoms in total. The number of unbranched alkanes of at least 4 members (excludes halogenated alkanes) is 1. The summed E-state index contributed by atoms with van der Waals surface area (Å²) in [4.78, 5) is 111. The van der Waals surface area contributed by atoms with E-state index in [9.17, 15) is 38.4 Å². The highest BCUT2D eigenvalue weighted by atomic mass is 16.2. The summed E-state index contributed by atoms with van der Waals surface area (Å²) in [6, 6.07) is 8.67. The Balaban J connectivity index is 1.42. The third-order valence-corrected chi connectivity index (χ3v) is 14.0. The van der Waals surface area contributed by atoms with Crippen LogP contribution in [0.2, 0.25) is 0 Å². The fourth-order valence-electron chi connectivity index (χ4n) is 8.70. The predicted molar refractivity (Wildman–Crippen MR) is 279 cm³/mol. The van der Waals surface area contributed by atoms with Crippen molar-refractivity contribution in [2.75, 3.05) is 27.2 Å². The number of likely N-dealkylation sites (N-methyl/N-ethyl adjacent to an activating group) is 2. The van der Waals surface area contributed by atoms with Gasteiger partial charge in [0.1, 0.15) is 24.2 Å².